The molecule has 3 atom stereocenters. The molecule has 0 fully saturated rings. The van der Waals surface area contributed by atoms with Crippen LogP contribution < -0.4 is 10.1 Å². The highest BCUT2D eigenvalue weighted by atomic mass is 19.1. The van der Waals surface area contributed by atoms with Gasteiger partial charge in [-0.15, -0.1) is 0 Å². The molecular weight excluding hydrogens is 449 g/mol. The zero-order chi connectivity index (χ0) is 25.5. The van der Waals surface area contributed by atoms with Crippen LogP contribution in [-0.4, -0.2) is 67.6 Å². The zero-order valence-corrected chi connectivity index (χ0v) is 21.2. The van der Waals surface area contributed by atoms with Crippen LogP contribution in [0.25, 0.3) is 0 Å². The second kappa shape index (κ2) is 12.1. The van der Waals surface area contributed by atoms with Gasteiger partial charge in [0.2, 0.25) is 5.91 Å². The lowest BCUT2D eigenvalue weighted by Gasteiger charge is -2.36. The molecule has 1 aliphatic heterocycles. The van der Waals surface area contributed by atoms with Crippen molar-refractivity contribution in [3.8, 4) is 5.75 Å². The monoisotopic (exact) mass is 485 g/mol. The van der Waals surface area contributed by atoms with E-state index in [-0.39, 0.29) is 35.7 Å². The number of nitrogens with zero attached hydrogens (tertiary/aromatic N) is 2. The summed E-state index contributed by atoms with van der Waals surface area (Å²) in [5.41, 5.74) is 1.88. The maximum absolute atomic E-state index is 13.8. The number of fused-ring (bicyclic) bond motifs is 1. The molecule has 1 aliphatic rings. The molecule has 1 N–H and O–H groups in total. The second-order valence-electron chi connectivity index (χ2n) is 9.27. The predicted molar refractivity (Wildman–Crippen MR) is 134 cm³/mol. The Kier molecular flexibility index (Phi) is 9.23. The van der Waals surface area contributed by atoms with Gasteiger partial charge in [0, 0.05) is 58.0 Å². The minimum Gasteiger partial charge on any atom is -0.491 e. The number of amides is 2. The molecule has 8 heteroatoms. The third-order valence-corrected chi connectivity index (χ3v) is 6.46. The van der Waals surface area contributed by atoms with Crippen molar-refractivity contribution in [3.63, 3.8) is 0 Å². The highest BCUT2D eigenvalue weighted by Crippen LogP contribution is 2.27. The SMILES string of the molecule is CCC(=O)Nc1ccc2c(c1)OC[C@H](C)N(Cc1cccc(F)c1)C[C@H](C)[C@@H](OC)CN(C)C2=O. The number of carbonyl (C=O) groups is 2. The number of benzene rings is 2. The van der Waals surface area contributed by atoms with E-state index in [4.69, 9.17) is 9.47 Å². The van der Waals surface area contributed by atoms with Crippen LogP contribution in [0.2, 0.25) is 0 Å². The molecule has 2 aromatic rings. The third kappa shape index (κ3) is 7.02. The first-order valence-corrected chi connectivity index (χ1v) is 12.0. The van der Waals surface area contributed by atoms with Crippen LogP contribution in [0.1, 0.15) is 43.1 Å². The lowest BCUT2D eigenvalue weighted by Crippen LogP contribution is -2.46. The van der Waals surface area contributed by atoms with Crippen LogP contribution >= 0.6 is 0 Å². The number of hydrogen-bond donors (Lipinski definition) is 1. The van der Waals surface area contributed by atoms with Gasteiger partial charge in [0.15, 0.2) is 0 Å². The quantitative estimate of drug-likeness (QED) is 0.688. The molecule has 7 nitrogen and oxygen atoms in total. The van der Waals surface area contributed by atoms with Crippen LogP contribution in [0, 0.1) is 11.7 Å². The molecule has 2 amide bonds. The van der Waals surface area contributed by atoms with E-state index in [9.17, 15) is 14.0 Å². The Morgan fingerprint density at radius 2 is 1.97 bits per heavy atom. The summed E-state index contributed by atoms with van der Waals surface area (Å²) in [6, 6.07) is 11.7. The number of halogens is 1. The van der Waals surface area contributed by atoms with Crippen molar-refractivity contribution in [2.45, 2.75) is 45.9 Å². The minimum atomic E-state index is -0.265. The van der Waals surface area contributed by atoms with Gasteiger partial charge in [0.05, 0.1) is 11.7 Å². The molecule has 0 spiro atoms. The van der Waals surface area contributed by atoms with Gasteiger partial charge in [0.25, 0.3) is 5.91 Å². The smallest absolute Gasteiger partial charge is 0.257 e. The molecule has 2 aromatic carbocycles. The molecule has 0 saturated heterocycles. The largest absolute Gasteiger partial charge is 0.491 e. The molecule has 0 aliphatic carbocycles. The number of hydrogen-bond acceptors (Lipinski definition) is 5. The molecular formula is C27H36FN3O4. The Morgan fingerprint density at radius 1 is 1.20 bits per heavy atom. The van der Waals surface area contributed by atoms with Crippen molar-refractivity contribution in [1.29, 1.82) is 0 Å². The van der Waals surface area contributed by atoms with E-state index in [1.54, 1.807) is 56.3 Å². The molecule has 1 heterocycles. The Bertz CT molecular complexity index is 1030. The Hall–Kier alpha value is -2.97. The number of anilines is 1. The number of likely N-dealkylation sites (N-methyl/N-ethyl adjacent to an activating group) is 1. The molecule has 0 aromatic heterocycles. The summed E-state index contributed by atoms with van der Waals surface area (Å²) in [5.74, 6) is -0.0347. The lowest BCUT2D eigenvalue weighted by atomic mass is 10.0. The molecule has 0 bridgehead atoms. The van der Waals surface area contributed by atoms with E-state index in [0.29, 0.717) is 49.7 Å². The Morgan fingerprint density at radius 3 is 2.66 bits per heavy atom. The molecule has 0 radical (unpaired) electrons. The van der Waals surface area contributed by atoms with Crippen LogP contribution in [0.4, 0.5) is 10.1 Å². The van der Waals surface area contributed by atoms with Gasteiger partial charge in [-0.1, -0.05) is 26.0 Å². The number of carbonyl (C=O) groups excluding carboxylic acids is 2. The van der Waals surface area contributed by atoms with Gasteiger partial charge in [0.1, 0.15) is 18.2 Å². The summed E-state index contributed by atoms with van der Waals surface area (Å²) in [6.45, 7) is 7.89. The molecule has 0 unspecified atom stereocenters. The van der Waals surface area contributed by atoms with E-state index < -0.39 is 0 Å². The Balaban J connectivity index is 1.94. The van der Waals surface area contributed by atoms with Crippen molar-refractivity contribution in [2.75, 3.05) is 39.2 Å². The first-order chi connectivity index (χ1) is 16.7. The van der Waals surface area contributed by atoms with Gasteiger partial charge < -0.3 is 19.7 Å². The predicted octanol–water partition coefficient (Wildman–Crippen LogP) is 4.18. The standard InChI is InChI=1S/C27H36FN3O4/c1-6-26(32)29-22-10-11-23-24(13-22)35-17-19(3)31(15-20-8-7-9-21(28)12-20)14-18(2)25(34-5)16-30(4)27(23)33/h7-13,18-19,25H,6,14-17H2,1-5H3,(H,29,32)/t18-,19-,25-/m0/s1. The fourth-order valence-corrected chi connectivity index (χ4v) is 4.26. The summed E-state index contributed by atoms with van der Waals surface area (Å²) in [6.07, 6.45) is 0.167. The van der Waals surface area contributed by atoms with Gasteiger partial charge in [-0.25, -0.2) is 4.39 Å². The number of methoxy groups -OCH3 is 1. The first kappa shape index (κ1) is 26.6. The van der Waals surface area contributed by atoms with Crippen molar-refractivity contribution >= 4 is 17.5 Å². The summed E-state index contributed by atoms with van der Waals surface area (Å²) < 4.78 is 25.8. The van der Waals surface area contributed by atoms with Gasteiger partial charge in [-0.2, -0.15) is 0 Å². The van der Waals surface area contributed by atoms with E-state index in [1.807, 2.05) is 6.07 Å². The van der Waals surface area contributed by atoms with Crippen molar-refractivity contribution in [2.24, 2.45) is 5.92 Å². The minimum absolute atomic E-state index is 0.0350. The maximum atomic E-state index is 13.8. The highest BCUT2D eigenvalue weighted by Gasteiger charge is 2.28. The van der Waals surface area contributed by atoms with Crippen molar-refractivity contribution in [3.05, 3.63) is 59.4 Å². The summed E-state index contributed by atoms with van der Waals surface area (Å²) in [7, 11) is 3.40. The van der Waals surface area contributed by atoms with E-state index in [0.717, 1.165) is 5.56 Å². The Labute approximate surface area is 207 Å². The van der Waals surface area contributed by atoms with Crippen LogP contribution in [-0.2, 0) is 16.1 Å². The lowest BCUT2D eigenvalue weighted by molar-refractivity contribution is -0.115. The van der Waals surface area contributed by atoms with E-state index >= 15 is 0 Å². The summed E-state index contributed by atoms with van der Waals surface area (Å²) in [5, 5.41) is 2.82. The number of ether oxygens (including phenoxy) is 2. The normalized spacial score (nSPS) is 21.9. The van der Waals surface area contributed by atoms with Crippen LogP contribution in [0.15, 0.2) is 42.5 Å². The van der Waals surface area contributed by atoms with Gasteiger partial charge >= 0.3 is 0 Å². The highest BCUT2D eigenvalue weighted by molar-refractivity contribution is 5.98. The van der Waals surface area contributed by atoms with Crippen molar-refractivity contribution in [1.82, 2.24) is 9.80 Å². The zero-order valence-electron chi connectivity index (χ0n) is 21.2. The molecule has 35 heavy (non-hydrogen) atoms. The molecule has 0 saturated carbocycles. The number of rotatable bonds is 5. The first-order valence-electron chi connectivity index (χ1n) is 12.0. The van der Waals surface area contributed by atoms with Crippen LogP contribution in [0.5, 0.6) is 5.75 Å². The molecule has 3 rings (SSSR count). The second-order valence-corrected chi connectivity index (χ2v) is 9.27. The van der Waals surface area contributed by atoms with Crippen LogP contribution in [0.3, 0.4) is 0 Å². The van der Waals surface area contributed by atoms with Gasteiger partial charge in [-0.3, -0.25) is 14.5 Å². The van der Waals surface area contributed by atoms with Crippen molar-refractivity contribution < 1.29 is 23.5 Å². The third-order valence-electron chi connectivity index (χ3n) is 6.46. The number of nitrogens with one attached hydrogen (secondary N) is 1. The summed E-state index contributed by atoms with van der Waals surface area (Å²) >= 11 is 0. The van der Waals surface area contributed by atoms with E-state index in [1.165, 1.54) is 6.07 Å². The maximum Gasteiger partial charge on any atom is 0.257 e. The average molecular weight is 486 g/mol. The summed E-state index contributed by atoms with van der Waals surface area (Å²) in [4.78, 5) is 29.1. The topological polar surface area (TPSA) is 71.1 Å². The molecule has 190 valence electrons. The fraction of sp³-hybridized carbons (Fsp3) is 0.481. The van der Waals surface area contributed by atoms with E-state index in [2.05, 4.69) is 24.1 Å². The average Bonchev–Trinajstić information content (AvgIpc) is 2.84. The van der Waals surface area contributed by atoms with Gasteiger partial charge in [-0.05, 0) is 42.7 Å². The fourth-order valence-electron chi connectivity index (χ4n) is 4.26.